The number of rotatable bonds is 1. The molecule has 1 fully saturated rings. The summed E-state index contributed by atoms with van der Waals surface area (Å²) in [6.07, 6.45) is 3.46. The van der Waals surface area contributed by atoms with E-state index >= 15 is 0 Å². The number of nitrogens with one attached hydrogen (secondary N) is 1. The van der Waals surface area contributed by atoms with Gasteiger partial charge in [-0.05, 0) is 31.5 Å². The Morgan fingerprint density at radius 2 is 2.38 bits per heavy atom. The van der Waals surface area contributed by atoms with Crippen molar-refractivity contribution in [3.63, 3.8) is 0 Å². The Kier molecular flexibility index (Phi) is 2.28. The Hall–Kier alpha value is -1.22. The third-order valence-corrected chi connectivity index (χ3v) is 3.66. The summed E-state index contributed by atoms with van der Waals surface area (Å²) in [5, 5.41) is 3.58. The largest absolute Gasteiger partial charge is 0.496 e. The van der Waals surface area contributed by atoms with Crippen molar-refractivity contribution in [3.8, 4) is 11.5 Å². The Morgan fingerprint density at radius 1 is 1.44 bits per heavy atom. The topological polar surface area (TPSA) is 30.5 Å². The highest BCUT2D eigenvalue weighted by atomic mass is 16.5. The highest BCUT2D eigenvalue weighted by Gasteiger charge is 2.39. The van der Waals surface area contributed by atoms with Gasteiger partial charge in [-0.3, -0.25) is 0 Å². The Labute approximate surface area is 95.8 Å². The predicted octanol–water partition coefficient (Wildman–Crippen LogP) is 1.75. The van der Waals surface area contributed by atoms with Crippen LogP contribution < -0.4 is 14.8 Å². The third-order valence-electron chi connectivity index (χ3n) is 3.66. The fourth-order valence-corrected chi connectivity index (χ4v) is 2.79. The SMILES string of the molecule is COc1cccc2c1C[C@@]1(CCCN1)CO2. The summed E-state index contributed by atoms with van der Waals surface area (Å²) < 4.78 is 11.3. The van der Waals surface area contributed by atoms with E-state index < -0.39 is 0 Å². The van der Waals surface area contributed by atoms with Crippen molar-refractivity contribution >= 4 is 0 Å². The van der Waals surface area contributed by atoms with E-state index in [1.807, 2.05) is 18.2 Å². The monoisotopic (exact) mass is 219 g/mol. The highest BCUT2D eigenvalue weighted by Crippen LogP contribution is 2.38. The molecule has 0 bridgehead atoms. The van der Waals surface area contributed by atoms with Gasteiger partial charge in [-0.1, -0.05) is 6.07 Å². The number of benzene rings is 1. The van der Waals surface area contributed by atoms with Crippen LogP contribution in [0, 0.1) is 0 Å². The van der Waals surface area contributed by atoms with Gasteiger partial charge in [0.2, 0.25) is 0 Å². The van der Waals surface area contributed by atoms with Crippen molar-refractivity contribution in [1.82, 2.24) is 5.32 Å². The highest BCUT2D eigenvalue weighted by molar-refractivity contribution is 5.47. The van der Waals surface area contributed by atoms with Gasteiger partial charge < -0.3 is 14.8 Å². The van der Waals surface area contributed by atoms with E-state index in [0.29, 0.717) is 0 Å². The molecular weight excluding hydrogens is 202 g/mol. The molecule has 0 radical (unpaired) electrons. The lowest BCUT2D eigenvalue weighted by Gasteiger charge is -2.35. The van der Waals surface area contributed by atoms with Gasteiger partial charge in [0.05, 0.1) is 12.6 Å². The fourth-order valence-electron chi connectivity index (χ4n) is 2.79. The fraction of sp³-hybridized carbons (Fsp3) is 0.538. The van der Waals surface area contributed by atoms with Crippen LogP contribution >= 0.6 is 0 Å². The Morgan fingerprint density at radius 3 is 3.12 bits per heavy atom. The van der Waals surface area contributed by atoms with Crippen LogP contribution in [0.1, 0.15) is 18.4 Å². The van der Waals surface area contributed by atoms with Crippen molar-refractivity contribution < 1.29 is 9.47 Å². The minimum absolute atomic E-state index is 0.154. The van der Waals surface area contributed by atoms with E-state index in [4.69, 9.17) is 9.47 Å². The first-order valence-electron chi connectivity index (χ1n) is 5.87. The van der Waals surface area contributed by atoms with Crippen molar-refractivity contribution in [1.29, 1.82) is 0 Å². The molecule has 1 N–H and O–H groups in total. The minimum Gasteiger partial charge on any atom is -0.496 e. The van der Waals surface area contributed by atoms with Crippen LogP contribution in [0.3, 0.4) is 0 Å². The second-order valence-electron chi connectivity index (χ2n) is 4.71. The zero-order chi connectivity index (χ0) is 11.0. The molecule has 0 aliphatic carbocycles. The lowest BCUT2D eigenvalue weighted by atomic mass is 9.87. The van der Waals surface area contributed by atoms with Gasteiger partial charge in [-0.25, -0.2) is 0 Å². The molecule has 1 saturated heterocycles. The predicted molar refractivity (Wildman–Crippen MR) is 62.2 cm³/mol. The van der Waals surface area contributed by atoms with Crippen LogP contribution in [0.4, 0.5) is 0 Å². The van der Waals surface area contributed by atoms with Crippen LogP contribution in [0.15, 0.2) is 18.2 Å². The number of methoxy groups -OCH3 is 1. The normalized spacial score (nSPS) is 27.6. The van der Waals surface area contributed by atoms with E-state index in [1.54, 1.807) is 7.11 Å². The molecule has 1 aromatic carbocycles. The first kappa shape index (κ1) is 9.97. The van der Waals surface area contributed by atoms with Crippen LogP contribution in [-0.2, 0) is 6.42 Å². The van der Waals surface area contributed by atoms with Crippen LogP contribution in [0.5, 0.6) is 11.5 Å². The molecule has 0 unspecified atom stereocenters. The van der Waals surface area contributed by atoms with E-state index in [2.05, 4.69) is 5.32 Å². The third kappa shape index (κ3) is 1.47. The van der Waals surface area contributed by atoms with E-state index in [0.717, 1.165) is 31.1 Å². The van der Waals surface area contributed by atoms with E-state index in [1.165, 1.54) is 18.4 Å². The standard InChI is InChI=1S/C13H17NO2/c1-15-11-4-2-5-12-10(11)8-13(9-16-12)6-3-7-14-13/h2,4-5,14H,3,6-9H2,1H3/t13-/m0/s1. The molecule has 86 valence electrons. The molecule has 0 saturated carbocycles. The number of hydrogen-bond acceptors (Lipinski definition) is 3. The summed E-state index contributed by atoms with van der Waals surface area (Å²) in [6.45, 7) is 1.89. The van der Waals surface area contributed by atoms with E-state index in [-0.39, 0.29) is 5.54 Å². The molecule has 0 aromatic heterocycles. The van der Waals surface area contributed by atoms with Crippen LogP contribution in [-0.4, -0.2) is 25.8 Å². The molecule has 0 amide bonds. The average Bonchev–Trinajstić information content (AvgIpc) is 2.77. The Balaban J connectivity index is 1.97. The quantitative estimate of drug-likeness (QED) is 0.780. The molecule has 3 heteroatoms. The van der Waals surface area contributed by atoms with Crippen molar-refractivity contribution in [2.75, 3.05) is 20.3 Å². The number of fused-ring (bicyclic) bond motifs is 1. The zero-order valence-corrected chi connectivity index (χ0v) is 9.58. The van der Waals surface area contributed by atoms with Crippen molar-refractivity contribution in [2.24, 2.45) is 0 Å². The van der Waals surface area contributed by atoms with Crippen LogP contribution in [0.25, 0.3) is 0 Å². The summed E-state index contributed by atoms with van der Waals surface area (Å²) in [5.74, 6) is 1.93. The van der Waals surface area contributed by atoms with Gasteiger partial charge in [-0.15, -0.1) is 0 Å². The van der Waals surface area contributed by atoms with Gasteiger partial charge >= 0.3 is 0 Å². The van der Waals surface area contributed by atoms with Crippen molar-refractivity contribution in [3.05, 3.63) is 23.8 Å². The van der Waals surface area contributed by atoms with Gasteiger partial charge in [0.15, 0.2) is 0 Å². The zero-order valence-electron chi connectivity index (χ0n) is 9.58. The summed E-state index contributed by atoms with van der Waals surface area (Å²) >= 11 is 0. The van der Waals surface area contributed by atoms with Gasteiger partial charge in [0, 0.05) is 12.0 Å². The summed E-state index contributed by atoms with van der Waals surface area (Å²) in [4.78, 5) is 0. The molecule has 3 nitrogen and oxygen atoms in total. The molecule has 16 heavy (non-hydrogen) atoms. The lowest BCUT2D eigenvalue weighted by Crippen LogP contribution is -2.49. The number of hydrogen-bond donors (Lipinski definition) is 1. The lowest BCUT2D eigenvalue weighted by molar-refractivity contribution is 0.170. The molecule has 1 spiro atoms. The second kappa shape index (κ2) is 3.67. The van der Waals surface area contributed by atoms with Crippen LogP contribution in [0.2, 0.25) is 0 Å². The van der Waals surface area contributed by atoms with Gasteiger partial charge in [0.25, 0.3) is 0 Å². The van der Waals surface area contributed by atoms with Gasteiger partial charge in [-0.2, -0.15) is 0 Å². The first-order chi connectivity index (χ1) is 7.83. The molecule has 2 aliphatic rings. The second-order valence-corrected chi connectivity index (χ2v) is 4.71. The molecule has 3 rings (SSSR count). The summed E-state index contributed by atoms with van der Waals surface area (Å²) in [5.41, 5.74) is 1.37. The molecule has 1 aromatic rings. The maximum absolute atomic E-state index is 5.86. The molecule has 1 atom stereocenters. The minimum atomic E-state index is 0.154. The molecular formula is C13H17NO2. The van der Waals surface area contributed by atoms with Crippen molar-refractivity contribution in [2.45, 2.75) is 24.8 Å². The number of ether oxygens (including phenoxy) is 2. The smallest absolute Gasteiger partial charge is 0.126 e. The average molecular weight is 219 g/mol. The molecule has 2 heterocycles. The molecule has 2 aliphatic heterocycles. The van der Waals surface area contributed by atoms with E-state index in [9.17, 15) is 0 Å². The van der Waals surface area contributed by atoms with Gasteiger partial charge in [0.1, 0.15) is 18.1 Å². The summed E-state index contributed by atoms with van der Waals surface area (Å²) in [7, 11) is 1.72. The maximum Gasteiger partial charge on any atom is 0.126 e. The first-order valence-corrected chi connectivity index (χ1v) is 5.87. The maximum atomic E-state index is 5.86. The Bertz CT molecular complexity index is 383. The summed E-state index contributed by atoms with van der Waals surface area (Å²) in [6, 6.07) is 6.02.